The highest BCUT2D eigenvalue weighted by molar-refractivity contribution is 7.92. The topological polar surface area (TPSA) is 120 Å². The van der Waals surface area contributed by atoms with Gasteiger partial charge in [0.05, 0.1) is 31.2 Å². The number of esters is 1. The highest BCUT2D eigenvalue weighted by atomic mass is 32.2. The minimum Gasteiger partial charge on any atom is -0.494 e. The number of H-pyrrole nitrogens is 1. The average molecular weight is 485 g/mol. The second-order valence-corrected chi connectivity index (χ2v) is 8.04. The maximum atomic E-state index is 13.3. The van der Waals surface area contributed by atoms with Crippen LogP contribution in [0, 0.1) is 0 Å². The first-order valence-electron chi connectivity index (χ1n) is 9.31. The van der Waals surface area contributed by atoms with Gasteiger partial charge in [-0.2, -0.15) is 26.7 Å². The number of aromatic amines is 1. The number of aromatic nitrogens is 2. The lowest BCUT2D eigenvalue weighted by atomic mass is 10.2. The number of rotatable bonds is 8. The molecule has 33 heavy (non-hydrogen) atoms. The van der Waals surface area contributed by atoms with Gasteiger partial charge in [0.15, 0.2) is 10.8 Å². The molecule has 0 bridgehead atoms. The van der Waals surface area contributed by atoms with Gasteiger partial charge in [-0.05, 0) is 49.4 Å². The van der Waals surface area contributed by atoms with E-state index < -0.39 is 44.0 Å². The number of nitrogens with zero attached hydrogens (tertiary/aromatic N) is 1. The number of carbonyl (C=O) groups excluding carboxylic acids is 1. The highest BCUT2D eigenvalue weighted by Gasteiger charge is 2.33. The Balaban J connectivity index is 2.00. The molecule has 0 spiro atoms. The van der Waals surface area contributed by atoms with Gasteiger partial charge >= 0.3 is 12.1 Å². The van der Waals surface area contributed by atoms with Crippen molar-refractivity contribution in [3.63, 3.8) is 0 Å². The second-order valence-electron chi connectivity index (χ2n) is 6.43. The molecule has 0 fully saturated rings. The molecule has 9 nitrogen and oxygen atoms in total. The number of sulfonamides is 1. The Kier molecular flexibility index (Phi) is 6.81. The summed E-state index contributed by atoms with van der Waals surface area (Å²) in [6.07, 6.45) is -3.83. The third-order valence-corrected chi connectivity index (χ3v) is 5.53. The Bertz CT molecular complexity index is 1240. The SMILES string of the molecule is CCOc1ccc(Oc2ccc(C(F)(F)F)cc2NS(=O)(=O)c2[nH]ncc2C(=O)OC)cc1. The van der Waals surface area contributed by atoms with E-state index >= 15 is 0 Å². The second kappa shape index (κ2) is 9.40. The van der Waals surface area contributed by atoms with Crippen LogP contribution in [0.3, 0.4) is 0 Å². The normalized spacial score (nSPS) is 11.7. The van der Waals surface area contributed by atoms with Crippen LogP contribution >= 0.6 is 0 Å². The van der Waals surface area contributed by atoms with Crippen LogP contribution in [-0.2, 0) is 20.9 Å². The molecule has 176 valence electrons. The van der Waals surface area contributed by atoms with Crippen LogP contribution < -0.4 is 14.2 Å². The zero-order valence-corrected chi connectivity index (χ0v) is 18.1. The molecular formula is C20H18F3N3O6S. The summed E-state index contributed by atoms with van der Waals surface area (Å²) in [5.74, 6) is -0.447. The van der Waals surface area contributed by atoms with E-state index in [2.05, 4.69) is 14.9 Å². The Morgan fingerprint density at radius 1 is 1.12 bits per heavy atom. The summed E-state index contributed by atoms with van der Waals surface area (Å²) in [6.45, 7) is 2.24. The van der Waals surface area contributed by atoms with Crippen LogP contribution in [0.15, 0.2) is 53.7 Å². The quantitative estimate of drug-likeness (QED) is 0.459. The van der Waals surface area contributed by atoms with Gasteiger partial charge in [-0.25, -0.2) is 4.79 Å². The average Bonchev–Trinajstić information content (AvgIpc) is 3.26. The Hall–Kier alpha value is -3.74. The van der Waals surface area contributed by atoms with Crippen molar-refractivity contribution in [2.24, 2.45) is 0 Å². The first-order valence-corrected chi connectivity index (χ1v) is 10.8. The molecule has 3 rings (SSSR count). The number of hydrogen-bond donors (Lipinski definition) is 2. The number of carbonyl (C=O) groups is 1. The monoisotopic (exact) mass is 485 g/mol. The predicted octanol–water partition coefficient (Wildman–Crippen LogP) is 4.21. The van der Waals surface area contributed by atoms with E-state index in [1.54, 1.807) is 19.1 Å². The Morgan fingerprint density at radius 3 is 2.39 bits per heavy atom. The number of alkyl halides is 3. The van der Waals surface area contributed by atoms with Gasteiger partial charge in [-0.3, -0.25) is 9.82 Å². The number of halogens is 3. The molecule has 13 heteroatoms. The third kappa shape index (κ3) is 5.55. The van der Waals surface area contributed by atoms with E-state index in [9.17, 15) is 26.4 Å². The van der Waals surface area contributed by atoms with Crippen LogP contribution in [-0.4, -0.2) is 38.3 Å². The fraction of sp³-hybridized carbons (Fsp3) is 0.200. The van der Waals surface area contributed by atoms with Crippen LogP contribution in [0.1, 0.15) is 22.8 Å². The Labute approximate surface area is 186 Å². The molecule has 0 saturated heterocycles. The number of anilines is 1. The summed E-state index contributed by atoms with van der Waals surface area (Å²) < 4.78 is 82.9. The van der Waals surface area contributed by atoms with E-state index in [-0.39, 0.29) is 11.5 Å². The van der Waals surface area contributed by atoms with Gasteiger partial charge in [-0.15, -0.1) is 0 Å². The van der Waals surface area contributed by atoms with Gasteiger partial charge in [0, 0.05) is 0 Å². The number of hydrogen-bond acceptors (Lipinski definition) is 7. The third-order valence-electron chi connectivity index (χ3n) is 4.19. The fourth-order valence-electron chi connectivity index (χ4n) is 2.70. The maximum Gasteiger partial charge on any atom is 0.416 e. The first kappa shape index (κ1) is 23.9. The van der Waals surface area contributed by atoms with Crippen molar-refractivity contribution in [2.45, 2.75) is 18.1 Å². The van der Waals surface area contributed by atoms with Crippen molar-refractivity contribution >= 4 is 21.7 Å². The molecule has 1 aromatic heterocycles. The summed E-state index contributed by atoms with van der Waals surface area (Å²) in [4.78, 5) is 11.8. The fourth-order valence-corrected chi connectivity index (χ4v) is 3.85. The van der Waals surface area contributed by atoms with Gasteiger partial charge in [0.25, 0.3) is 10.0 Å². The van der Waals surface area contributed by atoms with Gasteiger partial charge in [0.1, 0.15) is 17.1 Å². The molecule has 0 unspecified atom stereocenters. The molecule has 0 saturated carbocycles. The van der Waals surface area contributed by atoms with E-state index in [1.165, 1.54) is 12.1 Å². The van der Waals surface area contributed by atoms with E-state index in [1.807, 2.05) is 4.72 Å². The Morgan fingerprint density at radius 2 is 1.79 bits per heavy atom. The van der Waals surface area contributed by atoms with Crippen molar-refractivity contribution in [1.29, 1.82) is 0 Å². The highest BCUT2D eigenvalue weighted by Crippen LogP contribution is 2.38. The molecule has 3 aromatic rings. The molecule has 1 heterocycles. The standard InChI is InChI=1S/C20H18F3N3O6S/c1-3-31-13-5-7-14(8-6-13)32-17-9-4-12(20(21,22)23)10-16(17)26-33(28,29)18-15(11-24-25-18)19(27)30-2/h4-11,26H,3H2,1-2H3,(H,24,25). The van der Waals surface area contributed by atoms with Crippen LogP contribution in [0.4, 0.5) is 18.9 Å². The van der Waals surface area contributed by atoms with Crippen LogP contribution in [0.5, 0.6) is 17.2 Å². The number of ether oxygens (including phenoxy) is 3. The number of benzene rings is 2. The maximum absolute atomic E-state index is 13.3. The van der Waals surface area contributed by atoms with Crippen molar-refractivity contribution in [2.75, 3.05) is 18.4 Å². The molecule has 0 amide bonds. The lowest BCUT2D eigenvalue weighted by Crippen LogP contribution is -2.18. The smallest absolute Gasteiger partial charge is 0.416 e. The molecule has 0 aliphatic heterocycles. The largest absolute Gasteiger partial charge is 0.494 e. The van der Waals surface area contributed by atoms with Crippen LogP contribution in [0.2, 0.25) is 0 Å². The zero-order chi connectivity index (χ0) is 24.2. The molecule has 0 aliphatic rings. The lowest BCUT2D eigenvalue weighted by molar-refractivity contribution is -0.137. The molecular weight excluding hydrogens is 467 g/mol. The van der Waals surface area contributed by atoms with E-state index in [0.29, 0.717) is 18.4 Å². The summed E-state index contributed by atoms with van der Waals surface area (Å²) in [7, 11) is -3.55. The van der Waals surface area contributed by atoms with Crippen molar-refractivity contribution in [3.05, 3.63) is 59.8 Å². The molecule has 0 aliphatic carbocycles. The molecule has 0 radical (unpaired) electrons. The van der Waals surface area contributed by atoms with Crippen molar-refractivity contribution in [3.8, 4) is 17.2 Å². The molecule has 0 atom stereocenters. The van der Waals surface area contributed by atoms with Gasteiger partial charge < -0.3 is 14.2 Å². The number of methoxy groups -OCH3 is 1. The molecule has 2 N–H and O–H groups in total. The van der Waals surface area contributed by atoms with Crippen molar-refractivity contribution < 1.29 is 40.6 Å². The summed E-state index contributed by atoms with van der Waals surface area (Å²) in [5, 5.41) is 4.96. The zero-order valence-electron chi connectivity index (χ0n) is 17.3. The van der Waals surface area contributed by atoms with Gasteiger partial charge in [-0.1, -0.05) is 0 Å². The summed E-state index contributed by atoms with van der Waals surface area (Å²) >= 11 is 0. The summed E-state index contributed by atoms with van der Waals surface area (Å²) in [6, 6.07) is 8.48. The predicted molar refractivity (Wildman–Crippen MR) is 110 cm³/mol. The minimum atomic E-state index is -4.75. The molecule has 2 aromatic carbocycles. The van der Waals surface area contributed by atoms with Crippen LogP contribution in [0.25, 0.3) is 0 Å². The van der Waals surface area contributed by atoms with E-state index in [4.69, 9.17) is 9.47 Å². The van der Waals surface area contributed by atoms with E-state index in [0.717, 1.165) is 25.4 Å². The lowest BCUT2D eigenvalue weighted by Gasteiger charge is -2.16. The van der Waals surface area contributed by atoms with Gasteiger partial charge in [0.2, 0.25) is 0 Å². The summed E-state index contributed by atoms with van der Waals surface area (Å²) in [5.41, 5.74) is -2.05. The number of nitrogens with one attached hydrogen (secondary N) is 2. The first-order chi connectivity index (χ1) is 15.5. The minimum absolute atomic E-state index is 0.213. The van der Waals surface area contributed by atoms with Crippen molar-refractivity contribution in [1.82, 2.24) is 10.2 Å².